The third-order valence-electron chi connectivity index (χ3n) is 1.62. The molecule has 0 spiro atoms. The van der Waals surface area contributed by atoms with Crippen LogP contribution in [-0.4, -0.2) is 4.98 Å². The first-order valence-corrected chi connectivity index (χ1v) is 4.03. The minimum absolute atomic E-state index is 0.104. The molecule has 0 aromatic carbocycles. The van der Waals surface area contributed by atoms with Gasteiger partial charge >= 0.3 is 0 Å². The third kappa shape index (κ3) is 1.52. The zero-order valence-electron chi connectivity index (χ0n) is 6.15. The second-order valence-corrected chi connectivity index (χ2v) is 3.13. The van der Waals surface area contributed by atoms with Crippen LogP contribution in [-0.2, 0) is 6.54 Å². The van der Waals surface area contributed by atoms with Crippen molar-refractivity contribution in [3.8, 4) is 0 Å². The van der Waals surface area contributed by atoms with Crippen molar-refractivity contribution in [3.63, 3.8) is 0 Å². The highest BCUT2D eigenvalue weighted by molar-refractivity contribution is 9.10. The maximum atomic E-state index is 11.1. The molecule has 0 atom stereocenters. The first-order valence-electron chi connectivity index (χ1n) is 3.23. The lowest BCUT2D eigenvalue weighted by Gasteiger charge is -2.02. The number of nitrogens with two attached hydrogens (primary N) is 1. The van der Waals surface area contributed by atoms with Crippen molar-refractivity contribution in [2.45, 2.75) is 13.5 Å². The fourth-order valence-electron chi connectivity index (χ4n) is 0.885. The molecule has 3 nitrogen and oxygen atoms in total. The molecule has 0 unspecified atom stereocenters. The van der Waals surface area contributed by atoms with Gasteiger partial charge in [-0.3, -0.25) is 4.79 Å². The van der Waals surface area contributed by atoms with Crippen molar-refractivity contribution in [2.24, 2.45) is 5.73 Å². The summed E-state index contributed by atoms with van der Waals surface area (Å²) in [7, 11) is 0. The van der Waals surface area contributed by atoms with Crippen molar-refractivity contribution in [3.05, 3.63) is 32.2 Å². The van der Waals surface area contributed by atoms with Crippen molar-refractivity contribution in [1.29, 1.82) is 0 Å². The first-order chi connectivity index (χ1) is 5.16. The minimum Gasteiger partial charge on any atom is -0.328 e. The van der Waals surface area contributed by atoms with Crippen LogP contribution in [0.25, 0.3) is 0 Å². The summed E-state index contributed by atoms with van der Waals surface area (Å²) in [5, 5.41) is 0. The zero-order valence-corrected chi connectivity index (χ0v) is 7.73. The summed E-state index contributed by atoms with van der Waals surface area (Å²) in [5.41, 5.74) is 6.83. The van der Waals surface area contributed by atoms with Crippen LogP contribution in [0.5, 0.6) is 0 Å². The van der Waals surface area contributed by atoms with Gasteiger partial charge in [-0.05, 0) is 28.4 Å². The SMILES string of the molecule is Cc1c(Br)c[nH]c(=O)c1CN. The normalized spacial score (nSPS) is 10.1. The molecule has 0 saturated heterocycles. The molecule has 0 amide bonds. The van der Waals surface area contributed by atoms with Gasteiger partial charge in [0.1, 0.15) is 0 Å². The van der Waals surface area contributed by atoms with Gasteiger partial charge in [0, 0.05) is 22.8 Å². The number of pyridine rings is 1. The van der Waals surface area contributed by atoms with E-state index in [0.717, 1.165) is 10.0 Å². The molecule has 0 radical (unpaired) electrons. The molecule has 0 aliphatic carbocycles. The molecular formula is C7H9BrN2O. The Morgan fingerprint density at radius 2 is 2.36 bits per heavy atom. The lowest BCUT2D eigenvalue weighted by atomic mass is 10.1. The number of rotatable bonds is 1. The van der Waals surface area contributed by atoms with Crippen LogP contribution in [0.1, 0.15) is 11.1 Å². The van der Waals surface area contributed by atoms with Gasteiger partial charge in [-0.15, -0.1) is 0 Å². The van der Waals surface area contributed by atoms with Crippen molar-refractivity contribution >= 4 is 15.9 Å². The topological polar surface area (TPSA) is 58.9 Å². The van der Waals surface area contributed by atoms with Gasteiger partial charge in [0.2, 0.25) is 0 Å². The van der Waals surface area contributed by atoms with Crippen LogP contribution in [0.15, 0.2) is 15.5 Å². The molecule has 0 aliphatic heterocycles. The number of aromatic nitrogens is 1. The Labute approximate surface area is 72.7 Å². The highest BCUT2D eigenvalue weighted by Gasteiger charge is 2.03. The van der Waals surface area contributed by atoms with Crippen molar-refractivity contribution in [2.75, 3.05) is 0 Å². The Morgan fingerprint density at radius 3 is 2.82 bits per heavy atom. The Morgan fingerprint density at radius 1 is 1.73 bits per heavy atom. The molecule has 1 aromatic heterocycles. The van der Waals surface area contributed by atoms with Crippen LogP contribution in [0.4, 0.5) is 0 Å². The largest absolute Gasteiger partial charge is 0.328 e. The van der Waals surface area contributed by atoms with Crippen molar-refractivity contribution in [1.82, 2.24) is 4.98 Å². The average molecular weight is 217 g/mol. The third-order valence-corrected chi connectivity index (χ3v) is 2.44. The summed E-state index contributed by atoms with van der Waals surface area (Å²) >= 11 is 3.30. The molecule has 60 valence electrons. The predicted octanol–water partition coefficient (Wildman–Crippen LogP) is 0.905. The Balaban J connectivity index is 3.41. The lowest BCUT2D eigenvalue weighted by molar-refractivity contribution is 0.987. The summed E-state index contributed by atoms with van der Waals surface area (Å²) in [6.07, 6.45) is 1.62. The van der Waals surface area contributed by atoms with E-state index in [-0.39, 0.29) is 12.1 Å². The summed E-state index contributed by atoms with van der Waals surface area (Å²) in [5.74, 6) is 0. The van der Waals surface area contributed by atoms with Gasteiger partial charge in [0.05, 0.1) is 0 Å². The van der Waals surface area contributed by atoms with Gasteiger partial charge in [-0.1, -0.05) is 0 Å². The van der Waals surface area contributed by atoms with Crippen LogP contribution >= 0.6 is 15.9 Å². The molecule has 0 bridgehead atoms. The van der Waals surface area contributed by atoms with E-state index >= 15 is 0 Å². The van der Waals surface area contributed by atoms with E-state index in [1.165, 1.54) is 0 Å². The number of aromatic amines is 1. The quantitative estimate of drug-likeness (QED) is 0.734. The number of hydrogen-bond donors (Lipinski definition) is 2. The van der Waals surface area contributed by atoms with Crippen molar-refractivity contribution < 1.29 is 0 Å². The van der Waals surface area contributed by atoms with E-state index < -0.39 is 0 Å². The summed E-state index contributed by atoms with van der Waals surface area (Å²) in [6.45, 7) is 2.14. The smallest absolute Gasteiger partial charge is 0.252 e. The standard InChI is InChI=1S/C7H9BrN2O/c1-4-5(2-9)7(11)10-3-6(4)8/h3H,2,9H2,1H3,(H,10,11). The van der Waals surface area contributed by atoms with Gasteiger partial charge in [-0.2, -0.15) is 0 Å². The monoisotopic (exact) mass is 216 g/mol. The van der Waals surface area contributed by atoms with E-state index in [0.29, 0.717) is 5.56 Å². The lowest BCUT2D eigenvalue weighted by Crippen LogP contribution is -2.17. The predicted molar refractivity (Wildman–Crippen MR) is 47.4 cm³/mol. The maximum Gasteiger partial charge on any atom is 0.252 e. The van der Waals surface area contributed by atoms with Crippen LogP contribution in [0.3, 0.4) is 0 Å². The molecule has 0 fully saturated rings. The maximum absolute atomic E-state index is 11.1. The second kappa shape index (κ2) is 3.19. The van der Waals surface area contributed by atoms with E-state index in [1.54, 1.807) is 6.20 Å². The van der Waals surface area contributed by atoms with Gasteiger partial charge in [0.15, 0.2) is 0 Å². The van der Waals surface area contributed by atoms with Crippen LogP contribution in [0.2, 0.25) is 0 Å². The fourth-order valence-corrected chi connectivity index (χ4v) is 1.24. The molecule has 4 heteroatoms. The number of halogens is 1. The number of hydrogen-bond acceptors (Lipinski definition) is 2. The molecular weight excluding hydrogens is 208 g/mol. The minimum atomic E-state index is -0.104. The van der Waals surface area contributed by atoms with E-state index in [9.17, 15) is 4.79 Å². The van der Waals surface area contributed by atoms with E-state index in [2.05, 4.69) is 20.9 Å². The molecule has 0 saturated carbocycles. The van der Waals surface area contributed by atoms with Gasteiger partial charge < -0.3 is 10.7 Å². The summed E-state index contributed by atoms with van der Waals surface area (Å²) in [4.78, 5) is 13.6. The Bertz CT molecular complexity index is 319. The number of nitrogens with one attached hydrogen (secondary N) is 1. The fraction of sp³-hybridized carbons (Fsp3) is 0.286. The molecule has 1 aromatic rings. The second-order valence-electron chi connectivity index (χ2n) is 2.27. The highest BCUT2D eigenvalue weighted by Crippen LogP contribution is 2.14. The average Bonchev–Trinajstić information content (AvgIpc) is 1.99. The molecule has 0 aliphatic rings. The van der Waals surface area contributed by atoms with Crippen LogP contribution < -0.4 is 11.3 Å². The Kier molecular flexibility index (Phi) is 2.46. The van der Waals surface area contributed by atoms with Gasteiger partial charge in [-0.25, -0.2) is 0 Å². The van der Waals surface area contributed by atoms with Crippen LogP contribution in [0, 0.1) is 6.92 Å². The summed E-state index contributed by atoms with van der Waals surface area (Å²) in [6, 6.07) is 0. The number of H-pyrrole nitrogens is 1. The summed E-state index contributed by atoms with van der Waals surface area (Å²) < 4.78 is 0.887. The van der Waals surface area contributed by atoms with E-state index in [1.807, 2.05) is 6.92 Å². The van der Waals surface area contributed by atoms with E-state index in [4.69, 9.17) is 5.73 Å². The molecule has 1 heterocycles. The first kappa shape index (κ1) is 8.49. The zero-order chi connectivity index (χ0) is 8.43. The Hall–Kier alpha value is -0.610. The molecule has 3 N–H and O–H groups in total. The highest BCUT2D eigenvalue weighted by atomic mass is 79.9. The molecule has 11 heavy (non-hydrogen) atoms. The molecule has 1 rings (SSSR count). The van der Waals surface area contributed by atoms with Gasteiger partial charge in [0.25, 0.3) is 5.56 Å².